The number of rotatable bonds is 4. The first kappa shape index (κ1) is 18.4. The number of nitriles is 1. The molecule has 8 heteroatoms. The quantitative estimate of drug-likeness (QED) is 0.704. The minimum atomic E-state index is -0.958. The number of nitrogen functional groups attached to an aromatic ring is 1. The van der Waals surface area contributed by atoms with E-state index in [2.05, 4.69) is 11.2 Å². The second kappa shape index (κ2) is 7.56. The number of likely N-dealkylation sites (tertiary alicyclic amines) is 1. The van der Waals surface area contributed by atoms with Gasteiger partial charge in [0.15, 0.2) is 5.69 Å². The first-order valence-corrected chi connectivity index (χ1v) is 9.16. The molecule has 1 aliphatic heterocycles. The molecule has 0 saturated carbocycles. The largest absolute Gasteiger partial charge is 0.465 e. The molecule has 8 nitrogen and oxygen atoms in total. The number of ether oxygens (including phenoxy) is 1. The van der Waals surface area contributed by atoms with Crippen LogP contribution in [0.15, 0.2) is 54.6 Å². The summed E-state index contributed by atoms with van der Waals surface area (Å²) in [6, 6.07) is 18.7. The Labute approximate surface area is 167 Å². The van der Waals surface area contributed by atoms with Crippen molar-refractivity contribution in [2.75, 3.05) is 18.8 Å². The van der Waals surface area contributed by atoms with Crippen LogP contribution < -0.4 is 10.5 Å². The third-order valence-electron chi connectivity index (χ3n) is 4.96. The number of aromatic nitrogens is 2. The number of anilines is 1. The number of amides is 1. The molecular formula is C21H19N5O3. The molecule has 1 fully saturated rings. The highest BCUT2D eigenvalue weighted by Gasteiger charge is 2.32. The van der Waals surface area contributed by atoms with Gasteiger partial charge in [-0.3, -0.25) is 0 Å². The van der Waals surface area contributed by atoms with Crippen molar-refractivity contribution < 1.29 is 14.6 Å². The van der Waals surface area contributed by atoms with Crippen LogP contribution in [0.25, 0.3) is 5.69 Å². The van der Waals surface area contributed by atoms with Crippen LogP contribution in [0.1, 0.15) is 23.7 Å². The molecule has 0 spiro atoms. The van der Waals surface area contributed by atoms with Crippen LogP contribution in [0.2, 0.25) is 0 Å². The zero-order valence-electron chi connectivity index (χ0n) is 15.5. The smallest absolute Gasteiger partial charge is 0.407 e. The molecule has 1 amide bonds. The molecule has 3 aromatic rings. The summed E-state index contributed by atoms with van der Waals surface area (Å²) in [4.78, 5) is 12.5. The van der Waals surface area contributed by atoms with Crippen LogP contribution in [-0.2, 0) is 0 Å². The lowest BCUT2D eigenvalue weighted by Gasteiger charge is -2.11. The normalized spacial score (nSPS) is 15.8. The monoisotopic (exact) mass is 389 g/mol. The van der Waals surface area contributed by atoms with Gasteiger partial charge >= 0.3 is 6.09 Å². The maximum absolute atomic E-state index is 11.2. The lowest BCUT2D eigenvalue weighted by atomic mass is 10.0. The zero-order valence-corrected chi connectivity index (χ0v) is 15.5. The van der Waals surface area contributed by atoms with Gasteiger partial charge in [0, 0.05) is 19.0 Å². The van der Waals surface area contributed by atoms with E-state index < -0.39 is 6.09 Å². The first-order chi connectivity index (χ1) is 14.1. The SMILES string of the molecule is N#Cc1c(N)c(C2CCN(C(=O)O)C2)nn1-c1ccc(Oc2ccccc2)cc1. The van der Waals surface area contributed by atoms with E-state index in [1.54, 1.807) is 24.3 Å². The molecule has 1 saturated heterocycles. The minimum Gasteiger partial charge on any atom is -0.465 e. The molecule has 0 radical (unpaired) electrons. The van der Waals surface area contributed by atoms with Gasteiger partial charge in [0.1, 0.15) is 17.6 Å². The zero-order chi connectivity index (χ0) is 20.4. The summed E-state index contributed by atoms with van der Waals surface area (Å²) >= 11 is 0. The number of hydrogen-bond acceptors (Lipinski definition) is 5. The summed E-state index contributed by atoms with van der Waals surface area (Å²) in [5.74, 6) is 1.26. The van der Waals surface area contributed by atoms with Crippen molar-refractivity contribution in [3.05, 3.63) is 66.0 Å². The van der Waals surface area contributed by atoms with E-state index in [9.17, 15) is 10.1 Å². The summed E-state index contributed by atoms with van der Waals surface area (Å²) in [6.07, 6.45) is -0.331. The van der Waals surface area contributed by atoms with Crippen molar-refractivity contribution in [1.29, 1.82) is 5.26 Å². The number of hydrogen-bond donors (Lipinski definition) is 2. The Hall–Kier alpha value is -3.99. The average molecular weight is 389 g/mol. The van der Waals surface area contributed by atoms with Gasteiger partial charge in [-0.15, -0.1) is 0 Å². The molecule has 2 heterocycles. The maximum atomic E-state index is 11.2. The van der Waals surface area contributed by atoms with Crippen LogP contribution in [0.3, 0.4) is 0 Å². The van der Waals surface area contributed by atoms with E-state index in [4.69, 9.17) is 15.6 Å². The van der Waals surface area contributed by atoms with Crippen LogP contribution in [-0.4, -0.2) is 39.0 Å². The van der Waals surface area contributed by atoms with E-state index in [0.29, 0.717) is 42.3 Å². The van der Waals surface area contributed by atoms with E-state index in [0.717, 1.165) is 5.75 Å². The Morgan fingerprint density at radius 1 is 1.17 bits per heavy atom. The molecule has 1 atom stereocenters. The van der Waals surface area contributed by atoms with Gasteiger partial charge < -0.3 is 20.5 Å². The van der Waals surface area contributed by atoms with Crippen molar-refractivity contribution in [1.82, 2.24) is 14.7 Å². The second-order valence-corrected chi connectivity index (χ2v) is 6.79. The number of carboxylic acid groups (broad SMARTS) is 1. The van der Waals surface area contributed by atoms with E-state index in [1.807, 2.05) is 30.3 Å². The third kappa shape index (κ3) is 3.58. The maximum Gasteiger partial charge on any atom is 0.407 e. The summed E-state index contributed by atoms with van der Waals surface area (Å²) in [7, 11) is 0. The van der Waals surface area contributed by atoms with E-state index in [-0.39, 0.29) is 11.6 Å². The van der Waals surface area contributed by atoms with Gasteiger partial charge in [0.05, 0.1) is 17.1 Å². The minimum absolute atomic E-state index is 0.125. The Morgan fingerprint density at radius 3 is 2.48 bits per heavy atom. The lowest BCUT2D eigenvalue weighted by molar-refractivity contribution is 0.155. The van der Waals surface area contributed by atoms with Crippen molar-refractivity contribution in [2.45, 2.75) is 12.3 Å². The van der Waals surface area contributed by atoms with E-state index >= 15 is 0 Å². The topological polar surface area (TPSA) is 117 Å². The van der Waals surface area contributed by atoms with Crippen molar-refractivity contribution in [2.24, 2.45) is 0 Å². The summed E-state index contributed by atoms with van der Waals surface area (Å²) < 4.78 is 7.29. The van der Waals surface area contributed by atoms with Crippen LogP contribution in [0, 0.1) is 11.3 Å². The van der Waals surface area contributed by atoms with Crippen molar-refractivity contribution in [3.8, 4) is 23.3 Å². The lowest BCUT2D eigenvalue weighted by Crippen LogP contribution is -2.26. The van der Waals surface area contributed by atoms with Gasteiger partial charge in [-0.1, -0.05) is 18.2 Å². The Balaban J connectivity index is 1.60. The highest BCUT2D eigenvalue weighted by molar-refractivity contribution is 5.66. The molecule has 146 valence electrons. The van der Waals surface area contributed by atoms with Crippen LogP contribution >= 0.6 is 0 Å². The second-order valence-electron chi connectivity index (χ2n) is 6.79. The molecule has 0 aliphatic carbocycles. The van der Waals surface area contributed by atoms with Crippen molar-refractivity contribution in [3.63, 3.8) is 0 Å². The standard InChI is InChI=1S/C21H19N5O3/c22-12-18-19(23)20(14-10-11-25(13-14)21(27)28)24-26(18)15-6-8-17(9-7-15)29-16-4-2-1-3-5-16/h1-9,14H,10-11,13,23H2,(H,27,28). The molecular weight excluding hydrogens is 370 g/mol. The average Bonchev–Trinajstić information content (AvgIpc) is 3.34. The molecule has 29 heavy (non-hydrogen) atoms. The molecule has 0 bridgehead atoms. The number of nitrogens with zero attached hydrogens (tertiary/aromatic N) is 4. The first-order valence-electron chi connectivity index (χ1n) is 9.16. The van der Waals surface area contributed by atoms with Gasteiger partial charge in [0.2, 0.25) is 0 Å². The Bertz CT molecular complexity index is 1070. The van der Waals surface area contributed by atoms with E-state index in [1.165, 1.54) is 9.58 Å². The highest BCUT2D eigenvalue weighted by Crippen LogP contribution is 2.33. The fraction of sp³-hybridized carbons (Fsp3) is 0.190. The predicted octanol–water partition coefficient (Wildman–Crippen LogP) is 3.59. The number of para-hydroxylation sites is 1. The Morgan fingerprint density at radius 2 is 1.86 bits per heavy atom. The summed E-state index contributed by atoms with van der Waals surface area (Å²) in [5.41, 5.74) is 7.97. The third-order valence-corrected chi connectivity index (χ3v) is 4.96. The summed E-state index contributed by atoms with van der Waals surface area (Å²) in [6.45, 7) is 0.755. The fourth-order valence-corrected chi connectivity index (χ4v) is 3.48. The molecule has 1 aromatic heterocycles. The Kier molecular flexibility index (Phi) is 4.79. The van der Waals surface area contributed by atoms with Gasteiger partial charge in [0.25, 0.3) is 0 Å². The number of nitrogens with two attached hydrogens (primary N) is 1. The van der Waals surface area contributed by atoms with Crippen LogP contribution in [0.4, 0.5) is 10.5 Å². The van der Waals surface area contributed by atoms with Gasteiger partial charge in [-0.2, -0.15) is 10.4 Å². The van der Waals surface area contributed by atoms with Gasteiger partial charge in [-0.05, 0) is 42.8 Å². The predicted molar refractivity (Wildman–Crippen MR) is 106 cm³/mol. The molecule has 2 aromatic carbocycles. The molecule has 4 rings (SSSR count). The highest BCUT2D eigenvalue weighted by atomic mass is 16.5. The molecule has 3 N–H and O–H groups in total. The van der Waals surface area contributed by atoms with Crippen LogP contribution in [0.5, 0.6) is 11.5 Å². The number of carbonyl (C=O) groups is 1. The molecule has 1 aliphatic rings. The van der Waals surface area contributed by atoms with Gasteiger partial charge in [-0.25, -0.2) is 9.48 Å². The van der Waals surface area contributed by atoms with Crippen molar-refractivity contribution >= 4 is 11.8 Å². The molecule has 1 unspecified atom stereocenters. The number of benzene rings is 2. The summed E-state index contributed by atoms with van der Waals surface area (Å²) in [5, 5.41) is 23.3. The fourth-order valence-electron chi connectivity index (χ4n) is 3.48.